The zero-order valence-corrected chi connectivity index (χ0v) is 11.8. The Morgan fingerprint density at radius 2 is 1.91 bits per heavy atom. The molecular weight excluding hydrogens is 315 g/mol. The molecule has 2 heterocycles. The van der Waals surface area contributed by atoms with Gasteiger partial charge in [0, 0.05) is 12.1 Å². The summed E-state index contributed by atoms with van der Waals surface area (Å²) in [5.74, 6) is -1.50. The lowest BCUT2D eigenvalue weighted by molar-refractivity contribution is -0.158. The Bertz CT molecular complexity index is 767. The lowest BCUT2D eigenvalue weighted by Crippen LogP contribution is -2.37. The van der Waals surface area contributed by atoms with Crippen molar-refractivity contribution in [1.82, 2.24) is 14.6 Å². The van der Waals surface area contributed by atoms with Crippen LogP contribution in [-0.2, 0) is 4.79 Å². The van der Waals surface area contributed by atoms with Crippen molar-refractivity contribution in [3.63, 3.8) is 0 Å². The van der Waals surface area contributed by atoms with Crippen LogP contribution in [0.3, 0.4) is 0 Å². The molecule has 0 bridgehead atoms. The number of alkyl halides is 3. The Kier molecular flexibility index (Phi) is 3.70. The molecule has 0 N–H and O–H groups in total. The first kappa shape index (κ1) is 15.3. The lowest BCUT2D eigenvalue weighted by Gasteiger charge is -2.18. The van der Waals surface area contributed by atoms with Gasteiger partial charge in [-0.05, 0) is 6.42 Å². The second-order valence-corrected chi connectivity index (χ2v) is 5.19. The molecule has 1 aliphatic heterocycles. The molecule has 1 unspecified atom stereocenters. The molecule has 1 aromatic carbocycles. The molecule has 0 aliphatic carbocycles. The monoisotopic (exact) mass is 327 g/mol. The van der Waals surface area contributed by atoms with Gasteiger partial charge in [0.15, 0.2) is 5.82 Å². The highest BCUT2D eigenvalue weighted by Crippen LogP contribution is 2.29. The molecule has 23 heavy (non-hydrogen) atoms. The number of nitrogens with zero attached hydrogens (tertiary/aromatic N) is 3. The van der Waals surface area contributed by atoms with E-state index in [-0.39, 0.29) is 18.8 Å². The van der Waals surface area contributed by atoms with Gasteiger partial charge in [-0.3, -0.25) is 9.32 Å². The Morgan fingerprint density at radius 3 is 2.57 bits per heavy atom. The number of hydrogen-bond acceptors (Lipinski definition) is 4. The molecule has 0 radical (unpaired) electrons. The van der Waals surface area contributed by atoms with E-state index in [0.717, 1.165) is 4.57 Å². The average Bonchev–Trinajstić information content (AvgIpc) is 3.03. The van der Waals surface area contributed by atoms with Gasteiger partial charge in [0.05, 0.1) is 0 Å². The van der Waals surface area contributed by atoms with E-state index in [1.165, 1.54) is 0 Å². The topological polar surface area (TPSA) is 68.3 Å². The summed E-state index contributed by atoms with van der Waals surface area (Å²) in [6, 6.07) is 7.49. The molecule has 0 saturated carbocycles. The summed E-state index contributed by atoms with van der Waals surface area (Å²) in [7, 11) is 0. The highest BCUT2D eigenvalue weighted by molar-refractivity contribution is 5.83. The number of carbonyl (C=O) groups excluding carboxylic acids is 1. The fourth-order valence-electron chi connectivity index (χ4n) is 2.65. The maximum Gasteiger partial charge on any atom is 0.442 e. The van der Waals surface area contributed by atoms with Gasteiger partial charge in [0.25, 0.3) is 0 Å². The van der Waals surface area contributed by atoms with Gasteiger partial charge in [-0.1, -0.05) is 35.5 Å². The summed E-state index contributed by atoms with van der Waals surface area (Å²) in [6.07, 6.45) is -4.39. The standard InChI is InChI=1S/C14H12F3N3O3/c15-14(16,17)8-19-7-6-10(12(19)21)20-11(18-23-13(20)22)9-4-2-1-3-5-9/h1-5,10H,6-8H2. The van der Waals surface area contributed by atoms with Crippen LogP contribution >= 0.6 is 0 Å². The maximum absolute atomic E-state index is 12.5. The van der Waals surface area contributed by atoms with Crippen LogP contribution in [0.15, 0.2) is 39.6 Å². The highest BCUT2D eigenvalue weighted by Gasteiger charge is 2.41. The van der Waals surface area contributed by atoms with E-state index in [1.807, 2.05) is 0 Å². The van der Waals surface area contributed by atoms with Gasteiger partial charge in [-0.2, -0.15) is 13.2 Å². The van der Waals surface area contributed by atoms with E-state index in [2.05, 4.69) is 9.68 Å². The van der Waals surface area contributed by atoms with Crippen molar-refractivity contribution < 1.29 is 22.5 Å². The van der Waals surface area contributed by atoms with Gasteiger partial charge in [0.1, 0.15) is 12.6 Å². The minimum absolute atomic E-state index is 0.0745. The van der Waals surface area contributed by atoms with E-state index in [0.29, 0.717) is 10.5 Å². The number of hydrogen-bond donors (Lipinski definition) is 0. The van der Waals surface area contributed by atoms with Crippen LogP contribution in [0.25, 0.3) is 11.4 Å². The maximum atomic E-state index is 12.5. The fourth-order valence-corrected chi connectivity index (χ4v) is 2.65. The molecule has 1 aliphatic rings. The molecule has 1 saturated heterocycles. The zero-order valence-electron chi connectivity index (χ0n) is 11.8. The van der Waals surface area contributed by atoms with Crippen LogP contribution in [0.2, 0.25) is 0 Å². The Hall–Kier alpha value is -2.58. The minimum atomic E-state index is -4.48. The van der Waals surface area contributed by atoms with E-state index in [1.54, 1.807) is 30.3 Å². The summed E-state index contributed by atoms with van der Waals surface area (Å²) in [5.41, 5.74) is 0.542. The van der Waals surface area contributed by atoms with Crippen LogP contribution in [0.4, 0.5) is 13.2 Å². The van der Waals surface area contributed by atoms with Crippen molar-refractivity contribution in [3.05, 3.63) is 40.9 Å². The van der Waals surface area contributed by atoms with Crippen molar-refractivity contribution in [2.24, 2.45) is 0 Å². The molecule has 1 atom stereocenters. The smallest absolute Gasteiger partial charge is 0.332 e. The van der Waals surface area contributed by atoms with E-state index >= 15 is 0 Å². The van der Waals surface area contributed by atoms with Gasteiger partial charge in [-0.25, -0.2) is 9.36 Å². The van der Waals surface area contributed by atoms with E-state index < -0.39 is 30.4 Å². The molecule has 1 fully saturated rings. The second-order valence-electron chi connectivity index (χ2n) is 5.19. The van der Waals surface area contributed by atoms with E-state index in [9.17, 15) is 22.8 Å². The van der Waals surface area contributed by atoms with Gasteiger partial charge < -0.3 is 4.90 Å². The van der Waals surface area contributed by atoms with E-state index in [4.69, 9.17) is 0 Å². The third-order valence-corrected chi connectivity index (χ3v) is 3.62. The molecule has 9 heteroatoms. The number of halogens is 3. The predicted molar refractivity (Wildman–Crippen MR) is 72.5 cm³/mol. The second kappa shape index (κ2) is 5.56. The summed E-state index contributed by atoms with van der Waals surface area (Å²) < 4.78 is 43.1. The van der Waals surface area contributed by atoms with Crippen molar-refractivity contribution in [1.29, 1.82) is 0 Å². The van der Waals surface area contributed by atoms with Crippen molar-refractivity contribution in [3.8, 4) is 11.4 Å². The minimum Gasteiger partial charge on any atom is -0.332 e. The summed E-state index contributed by atoms with van der Waals surface area (Å²) >= 11 is 0. The quantitative estimate of drug-likeness (QED) is 0.863. The average molecular weight is 327 g/mol. The molecule has 2 aromatic rings. The third-order valence-electron chi connectivity index (χ3n) is 3.62. The summed E-state index contributed by atoms with van der Waals surface area (Å²) in [4.78, 5) is 24.8. The van der Waals surface area contributed by atoms with Gasteiger partial charge in [-0.15, -0.1) is 0 Å². The van der Waals surface area contributed by atoms with Crippen molar-refractivity contribution >= 4 is 5.91 Å². The molecule has 1 aromatic heterocycles. The molecule has 3 rings (SSSR count). The van der Waals surface area contributed by atoms with Gasteiger partial charge >= 0.3 is 11.9 Å². The van der Waals surface area contributed by atoms with Crippen LogP contribution in [-0.4, -0.2) is 39.8 Å². The number of likely N-dealkylation sites (tertiary alicyclic amines) is 1. The molecular formula is C14H12F3N3O3. The lowest BCUT2D eigenvalue weighted by atomic mass is 10.2. The SMILES string of the molecule is O=C1C(n2c(-c3ccccc3)noc2=O)CCN1CC(F)(F)F. The summed E-state index contributed by atoms with van der Waals surface area (Å²) in [5, 5.41) is 3.65. The molecule has 1 amide bonds. The first-order valence-electron chi connectivity index (χ1n) is 6.86. The van der Waals surface area contributed by atoms with Crippen LogP contribution in [0.1, 0.15) is 12.5 Å². The predicted octanol–water partition coefficient (Wildman–Crippen LogP) is 1.84. The van der Waals surface area contributed by atoms with Crippen LogP contribution < -0.4 is 5.76 Å². The third kappa shape index (κ3) is 2.99. The first-order valence-corrected chi connectivity index (χ1v) is 6.86. The Balaban J connectivity index is 1.93. The molecule has 0 spiro atoms. The number of aromatic nitrogens is 2. The summed E-state index contributed by atoms with van der Waals surface area (Å²) in [6.45, 7) is -1.40. The fraction of sp³-hybridized carbons (Fsp3) is 0.357. The molecule has 122 valence electrons. The Labute approximate surface area is 128 Å². The number of rotatable bonds is 3. The zero-order chi connectivity index (χ0) is 16.6. The highest BCUT2D eigenvalue weighted by atomic mass is 19.4. The number of amides is 1. The molecule has 6 nitrogen and oxygen atoms in total. The van der Waals surface area contributed by atoms with Crippen molar-refractivity contribution in [2.45, 2.75) is 18.6 Å². The van der Waals surface area contributed by atoms with Crippen LogP contribution in [0.5, 0.6) is 0 Å². The first-order chi connectivity index (χ1) is 10.9. The van der Waals surface area contributed by atoms with Gasteiger partial charge in [0.2, 0.25) is 5.91 Å². The van der Waals surface area contributed by atoms with Crippen molar-refractivity contribution in [2.75, 3.05) is 13.1 Å². The largest absolute Gasteiger partial charge is 0.442 e. The number of benzene rings is 1. The number of carbonyl (C=O) groups is 1. The Morgan fingerprint density at radius 1 is 1.22 bits per heavy atom. The normalized spacial score (nSPS) is 18.7. The van der Waals surface area contributed by atoms with Crippen LogP contribution in [0, 0.1) is 0 Å².